The van der Waals surface area contributed by atoms with Gasteiger partial charge in [-0.15, -0.1) is 5.10 Å². The fraction of sp³-hybridized carbons (Fsp3) is 0.368. The topological polar surface area (TPSA) is 140 Å². The number of aromatic nitrogens is 5. The molecule has 174 valence electrons. The quantitative estimate of drug-likeness (QED) is 0.418. The predicted molar refractivity (Wildman–Crippen MR) is 109 cm³/mol. The maximum absolute atomic E-state index is 13.0. The van der Waals surface area contributed by atoms with Crippen molar-refractivity contribution in [2.75, 3.05) is 18.8 Å². The number of nitrogens with two attached hydrogens (primary N) is 1. The van der Waals surface area contributed by atoms with E-state index < -0.39 is 17.6 Å². The van der Waals surface area contributed by atoms with E-state index in [4.69, 9.17) is 5.73 Å². The molecule has 1 amide bonds. The number of nitrogen functional groups attached to an aromatic ring is 1. The number of anilines is 1. The third-order valence-corrected chi connectivity index (χ3v) is 5.09. The number of nitrogens with zero attached hydrogens (tertiary/aromatic N) is 7. The molecule has 0 saturated carbocycles. The average Bonchev–Trinajstić information content (AvgIpc) is 3.40. The number of hydrogen-bond donors (Lipinski definition) is 2. The number of benzene rings is 1. The maximum Gasteiger partial charge on any atom is 0.416 e. The number of halogens is 3. The first-order valence-corrected chi connectivity index (χ1v) is 10.1. The summed E-state index contributed by atoms with van der Waals surface area (Å²) in [6, 6.07) is 4.35. The van der Waals surface area contributed by atoms with Crippen LogP contribution in [0.5, 0.6) is 0 Å². The first-order valence-electron chi connectivity index (χ1n) is 10.1. The van der Waals surface area contributed by atoms with Crippen LogP contribution in [0.3, 0.4) is 0 Å². The van der Waals surface area contributed by atoms with Crippen molar-refractivity contribution < 1.29 is 22.6 Å². The van der Waals surface area contributed by atoms with Crippen molar-refractivity contribution in [3.05, 3.63) is 46.8 Å². The molecular formula is C19H20F3N9O2. The molecule has 0 unspecified atom stereocenters. The van der Waals surface area contributed by atoms with Gasteiger partial charge in [0, 0.05) is 6.54 Å². The Bertz CT molecular complexity index is 1130. The first kappa shape index (κ1) is 22.4. The molecule has 1 aliphatic rings. The molecule has 1 aromatic carbocycles. The number of carbonyl (C=O) groups excluding carboxylic acids is 1. The van der Waals surface area contributed by atoms with Crippen LogP contribution in [0.1, 0.15) is 46.6 Å². The van der Waals surface area contributed by atoms with Crippen LogP contribution in [0.4, 0.5) is 19.0 Å². The Labute approximate surface area is 185 Å². The van der Waals surface area contributed by atoms with Gasteiger partial charge in [0.05, 0.1) is 11.8 Å². The van der Waals surface area contributed by atoms with Crippen molar-refractivity contribution >= 4 is 17.9 Å². The highest BCUT2D eigenvalue weighted by atomic mass is 19.4. The molecule has 3 heterocycles. The molecule has 0 aliphatic carbocycles. The van der Waals surface area contributed by atoms with Gasteiger partial charge in [0.25, 0.3) is 5.91 Å². The van der Waals surface area contributed by atoms with Gasteiger partial charge in [0.2, 0.25) is 11.6 Å². The summed E-state index contributed by atoms with van der Waals surface area (Å²) < 4.78 is 43.8. The molecule has 33 heavy (non-hydrogen) atoms. The van der Waals surface area contributed by atoms with Crippen molar-refractivity contribution in [3.63, 3.8) is 0 Å². The highest BCUT2D eigenvalue weighted by Gasteiger charge is 2.30. The number of hydrogen-bond acceptors (Lipinski definition) is 9. The van der Waals surface area contributed by atoms with Crippen LogP contribution >= 0.6 is 0 Å². The second-order valence-corrected chi connectivity index (χ2v) is 7.43. The summed E-state index contributed by atoms with van der Waals surface area (Å²) in [6.45, 7) is 2.12. The predicted octanol–water partition coefficient (Wildman–Crippen LogP) is 2.00. The monoisotopic (exact) mass is 463 g/mol. The Morgan fingerprint density at radius 1 is 1.18 bits per heavy atom. The number of alkyl halides is 3. The lowest BCUT2D eigenvalue weighted by atomic mass is 10.1. The number of piperidine rings is 1. The molecule has 0 radical (unpaired) electrons. The molecule has 2 aromatic heterocycles. The molecule has 3 N–H and O–H groups in total. The summed E-state index contributed by atoms with van der Waals surface area (Å²) in [6.07, 6.45) is 0.0389. The minimum Gasteiger partial charge on any atom is -0.378 e. The summed E-state index contributed by atoms with van der Waals surface area (Å²) in [4.78, 5) is 15.1. The van der Waals surface area contributed by atoms with Crippen molar-refractivity contribution in [1.29, 1.82) is 0 Å². The smallest absolute Gasteiger partial charge is 0.378 e. The van der Waals surface area contributed by atoms with E-state index in [9.17, 15) is 18.0 Å². The second-order valence-electron chi connectivity index (χ2n) is 7.43. The highest BCUT2D eigenvalue weighted by Crippen LogP contribution is 2.28. The van der Waals surface area contributed by atoms with E-state index in [1.807, 2.05) is 0 Å². The molecule has 1 saturated heterocycles. The van der Waals surface area contributed by atoms with E-state index in [0.29, 0.717) is 17.8 Å². The van der Waals surface area contributed by atoms with Crippen LogP contribution in [0.2, 0.25) is 0 Å². The highest BCUT2D eigenvalue weighted by molar-refractivity contribution is 5.95. The van der Waals surface area contributed by atoms with Crippen molar-refractivity contribution in [1.82, 2.24) is 35.6 Å². The summed E-state index contributed by atoms with van der Waals surface area (Å²) >= 11 is 0. The van der Waals surface area contributed by atoms with Gasteiger partial charge in [-0.3, -0.25) is 9.69 Å². The Hall–Kier alpha value is -3.81. The fourth-order valence-corrected chi connectivity index (χ4v) is 3.44. The molecule has 0 spiro atoms. The van der Waals surface area contributed by atoms with Gasteiger partial charge in [-0.1, -0.05) is 23.8 Å². The zero-order valence-corrected chi connectivity index (χ0v) is 17.3. The second kappa shape index (κ2) is 9.36. The van der Waals surface area contributed by atoms with Gasteiger partial charge in [-0.25, -0.2) is 10.1 Å². The van der Waals surface area contributed by atoms with Crippen molar-refractivity contribution in [3.8, 4) is 5.82 Å². The van der Waals surface area contributed by atoms with Gasteiger partial charge < -0.3 is 5.73 Å². The minimum absolute atomic E-state index is 0.00395. The standard InChI is InChI=1S/C19H20F3N9O2/c20-19(21,22)13-6-4-12(5-7-13)10-24-26-18(32)15-14(11-30-8-2-1-3-9-30)25-29-31(15)17-16(23)27-33-28-17/h4-7,10H,1-3,8-9,11H2,(H2,23,27)(H,26,32). The van der Waals surface area contributed by atoms with Gasteiger partial charge >= 0.3 is 6.18 Å². The van der Waals surface area contributed by atoms with Gasteiger partial charge in [-0.2, -0.15) is 23.0 Å². The normalized spacial score (nSPS) is 15.2. The number of likely N-dealkylation sites (tertiary alicyclic amines) is 1. The Kier molecular flexibility index (Phi) is 6.35. The molecule has 11 nitrogen and oxygen atoms in total. The van der Waals surface area contributed by atoms with Crippen LogP contribution in [-0.2, 0) is 12.7 Å². The molecule has 1 fully saturated rings. The zero-order valence-electron chi connectivity index (χ0n) is 17.3. The van der Waals surface area contributed by atoms with Crippen LogP contribution in [0, 0.1) is 0 Å². The van der Waals surface area contributed by atoms with E-state index in [1.54, 1.807) is 0 Å². The third-order valence-electron chi connectivity index (χ3n) is 5.09. The lowest BCUT2D eigenvalue weighted by molar-refractivity contribution is -0.137. The molecule has 1 aliphatic heterocycles. The first-order chi connectivity index (χ1) is 15.8. The lowest BCUT2D eigenvalue weighted by Crippen LogP contribution is -2.31. The molecular weight excluding hydrogens is 443 g/mol. The number of nitrogens with one attached hydrogen (secondary N) is 1. The number of hydrazone groups is 1. The van der Waals surface area contributed by atoms with Crippen LogP contribution in [-0.4, -0.2) is 55.4 Å². The Balaban J connectivity index is 1.54. The summed E-state index contributed by atoms with van der Waals surface area (Å²) in [5.41, 5.74) is 8.12. The van der Waals surface area contributed by atoms with Crippen molar-refractivity contribution in [2.24, 2.45) is 5.10 Å². The number of carbonyl (C=O) groups is 1. The van der Waals surface area contributed by atoms with E-state index in [1.165, 1.54) is 18.3 Å². The van der Waals surface area contributed by atoms with Crippen LogP contribution < -0.4 is 11.2 Å². The zero-order chi connectivity index (χ0) is 23.4. The molecule has 3 aromatic rings. The van der Waals surface area contributed by atoms with Crippen LogP contribution in [0.25, 0.3) is 5.82 Å². The van der Waals surface area contributed by atoms with Gasteiger partial charge in [-0.05, 0) is 53.9 Å². The fourth-order valence-electron chi connectivity index (χ4n) is 3.44. The van der Waals surface area contributed by atoms with E-state index in [0.717, 1.165) is 49.2 Å². The Morgan fingerprint density at radius 2 is 1.91 bits per heavy atom. The van der Waals surface area contributed by atoms with E-state index in [2.05, 4.69) is 40.7 Å². The molecule has 4 rings (SSSR count). The third kappa shape index (κ3) is 5.16. The summed E-state index contributed by atoms with van der Waals surface area (Å²) in [5, 5.41) is 19.1. The SMILES string of the molecule is Nc1nonc1-n1nnc(CN2CCCCC2)c1C(=O)NN=Cc1ccc(C(F)(F)F)cc1. The minimum atomic E-state index is -4.43. The molecule has 14 heteroatoms. The van der Waals surface area contributed by atoms with E-state index >= 15 is 0 Å². The number of amides is 1. The summed E-state index contributed by atoms with van der Waals surface area (Å²) in [5.74, 6) is -0.728. The molecule has 0 atom stereocenters. The largest absolute Gasteiger partial charge is 0.416 e. The lowest BCUT2D eigenvalue weighted by Gasteiger charge is -2.25. The average molecular weight is 463 g/mol. The van der Waals surface area contributed by atoms with Crippen molar-refractivity contribution in [2.45, 2.75) is 32.0 Å². The van der Waals surface area contributed by atoms with Crippen LogP contribution in [0.15, 0.2) is 34.0 Å². The maximum atomic E-state index is 13.0. The van der Waals surface area contributed by atoms with E-state index in [-0.39, 0.29) is 17.3 Å². The van der Waals surface area contributed by atoms with Gasteiger partial charge in [0.15, 0.2) is 5.69 Å². The summed E-state index contributed by atoms with van der Waals surface area (Å²) in [7, 11) is 0. The Morgan fingerprint density at radius 3 is 2.55 bits per heavy atom. The number of rotatable bonds is 6. The van der Waals surface area contributed by atoms with Gasteiger partial charge in [0.1, 0.15) is 5.69 Å². The molecule has 0 bridgehead atoms.